The molecule has 6 nitrogen and oxygen atoms in total. The first-order valence-electron chi connectivity index (χ1n) is 11.4. The first kappa shape index (κ1) is 23.4. The number of nitrogens with one attached hydrogen (secondary N) is 2. The van der Waals surface area contributed by atoms with E-state index >= 15 is 0 Å². The lowest BCUT2D eigenvalue weighted by Gasteiger charge is -2.12. The van der Waals surface area contributed by atoms with E-state index in [1.807, 2.05) is 54.9 Å². The first-order chi connectivity index (χ1) is 17.4. The number of aromatic nitrogens is 2. The lowest BCUT2D eigenvalue weighted by molar-refractivity contribution is 0.101. The third-order valence-electron chi connectivity index (χ3n) is 5.94. The second-order valence-corrected chi connectivity index (χ2v) is 9.48. The van der Waals surface area contributed by atoms with Gasteiger partial charge in [-0.25, -0.2) is 4.39 Å². The molecule has 0 aliphatic rings. The zero-order chi connectivity index (χ0) is 25.2. The molecular weight excluding hydrogens is 475 g/mol. The molecule has 2 N–H and O–H groups in total. The molecule has 0 aliphatic carbocycles. The number of nitrogens with zero attached hydrogens (tertiary/aromatic N) is 2. The van der Waals surface area contributed by atoms with E-state index in [-0.39, 0.29) is 17.6 Å². The summed E-state index contributed by atoms with van der Waals surface area (Å²) in [6, 6.07) is 22.6. The maximum atomic E-state index is 13.3. The summed E-state index contributed by atoms with van der Waals surface area (Å²) in [7, 11) is 0. The van der Waals surface area contributed by atoms with Crippen molar-refractivity contribution >= 4 is 44.7 Å². The van der Waals surface area contributed by atoms with Crippen LogP contribution in [0.1, 0.15) is 36.9 Å². The maximum absolute atomic E-state index is 13.3. The van der Waals surface area contributed by atoms with Gasteiger partial charge in [-0.15, -0.1) is 11.3 Å². The average molecular weight is 499 g/mol. The molecule has 0 fully saturated rings. The highest BCUT2D eigenvalue weighted by molar-refractivity contribution is 7.20. The molecule has 2 aromatic heterocycles. The lowest BCUT2D eigenvalue weighted by Crippen LogP contribution is -2.16. The van der Waals surface area contributed by atoms with Crippen LogP contribution in [-0.4, -0.2) is 21.6 Å². The van der Waals surface area contributed by atoms with Crippen LogP contribution in [0.3, 0.4) is 0 Å². The number of fused-ring (bicyclic) bond motifs is 1. The molecular formula is C28H23FN4O2S. The molecule has 2 amide bonds. The Hall–Kier alpha value is -4.30. The van der Waals surface area contributed by atoms with Crippen LogP contribution in [0.5, 0.6) is 0 Å². The Bertz CT molecular complexity index is 1570. The molecule has 0 atom stereocenters. The number of thiophene rings is 1. The monoisotopic (exact) mass is 498 g/mol. The number of carbonyl (C=O) groups excluding carboxylic acids is 2. The van der Waals surface area contributed by atoms with Gasteiger partial charge in [0.2, 0.25) is 0 Å². The number of halogens is 1. The van der Waals surface area contributed by atoms with Gasteiger partial charge in [-0.2, -0.15) is 5.10 Å². The fourth-order valence-corrected chi connectivity index (χ4v) is 5.07. The fraction of sp³-hybridized carbons (Fsp3) is 0.107. The summed E-state index contributed by atoms with van der Waals surface area (Å²) in [5.74, 6) is -0.784. The van der Waals surface area contributed by atoms with Crippen molar-refractivity contribution in [2.24, 2.45) is 0 Å². The SMILES string of the molecule is Cc1c(NC(=O)c2cc3c(C)nn(Cc4ccc(F)cc4)c3s2)cccc1C(=O)Nc1ccccc1. The van der Waals surface area contributed by atoms with Crippen LogP contribution in [0.2, 0.25) is 0 Å². The van der Waals surface area contributed by atoms with Crippen molar-refractivity contribution in [3.63, 3.8) is 0 Å². The van der Waals surface area contributed by atoms with Gasteiger partial charge in [0.15, 0.2) is 0 Å². The normalized spacial score (nSPS) is 11.0. The zero-order valence-corrected chi connectivity index (χ0v) is 20.5. The maximum Gasteiger partial charge on any atom is 0.265 e. The number of hydrogen-bond donors (Lipinski definition) is 2. The topological polar surface area (TPSA) is 76.0 Å². The molecule has 0 spiro atoms. The molecule has 8 heteroatoms. The Kier molecular flexibility index (Phi) is 6.35. The summed E-state index contributed by atoms with van der Waals surface area (Å²) in [6.07, 6.45) is 0. The van der Waals surface area contributed by atoms with Crippen molar-refractivity contribution in [1.82, 2.24) is 9.78 Å². The molecule has 0 bridgehead atoms. The van der Waals surface area contributed by atoms with Gasteiger partial charge in [0.05, 0.1) is 17.1 Å². The molecule has 0 radical (unpaired) electrons. The molecule has 3 aromatic carbocycles. The number of rotatable bonds is 6. The quantitative estimate of drug-likeness (QED) is 0.284. The van der Waals surface area contributed by atoms with Gasteiger partial charge in [-0.1, -0.05) is 36.4 Å². The smallest absolute Gasteiger partial charge is 0.265 e. The fourth-order valence-electron chi connectivity index (χ4n) is 4.02. The summed E-state index contributed by atoms with van der Waals surface area (Å²) in [5.41, 5.74) is 4.17. The number of benzene rings is 3. The highest BCUT2D eigenvalue weighted by atomic mass is 32.1. The minimum absolute atomic E-state index is 0.242. The third-order valence-corrected chi connectivity index (χ3v) is 7.08. The van der Waals surface area contributed by atoms with Gasteiger partial charge < -0.3 is 10.6 Å². The van der Waals surface area contributed by atoms with Crippen molar-refractivity contribution in [2.75, 3.05) is 10.6 Å². The standard InChI is InChI=1S/C28H23FN4O2S/c1-17-22(26(34)30-21-7-4-3-5-8-21)9-6-10-24(17)31-27(35)25-15-23-18(2)32-33(28(23)36-25)16-19-11-13-20(29)14-12-19/h3-15H,16H2,1-2H3,(H,30,34)(H,31,35). The van der Waals surface area contributed by atoms with Gasteiger partial charge >= 0.3 is 0 Å². The van der Waals surface area contributed by atoms with Crippen LogP contribution in [0, 0.1) is 19.7 Å². The van der Waals surface area contributed by atoms with Gasteiger partial charge in [0.1, 0.15) is 10.6 Å². The lowest BCUT2D eigenvalue weighted by atomic mass is 10.1. The van der Waals surface area contributed by atoms with E-state index in [0.29, 0.717) is 33.9 Å². The van der Waals surface area contributed by atoms with Crippen LogP contribution < -0.4 is 10.6 Å². The Morgan fingerprint density at radius 1 is 0.917 bits per heavy atom. The van der Waals surface area contributed by atoms with E-state index < -0.39 is 0 Å². The van der Waals surface area contributed by atoms with E-state index in [2.05, 4.69) is 15.7 Å². The molecule has 0 unspecified atom stereocenters. The van der Waals surface area contributed by atoms with Crippen molar-refractivity contribution < 1.29 is 14.0 Å². The summed E-state index contributed by atoms with van der Waals surface area (Å²) >= 11 is 1.35. The highest BCUT2D eigenvalue weighted by Gasteiger charge is 2.19. The molecule has 2 heterocycles. The van der Waals surface area contributed by atoms with E-state index in [9.17, 15) is 14.0 Å². The van der Waals surface area contributed by atoms with Crippen LogP contribution in [-0.2, 0) is 6.54 Å². The number of amides is 2. The molecule has 0 saturated heterocycles. The molecule has 0 saturated carbocycles. The summed E-state index contributed by atoms with van der Waals surface area (Å²) in [6.45, 7) is 4.19. The van der Waals surface area contributed by atoms with Crippen LogP contribution in [0.4, 0.5) is 15.8 Å². The van der Waals surface area contributed by atoms with Crippen molar-refractivity contribution in [3.05, 3.63) is 112 Å². The van der Waals surface area contributed by atoms with E-state index in [1.54, 1.807) is 30.3 Å². The number of aryl methyl sites for hydroxylation is 1. The minimum Gasteiger partial charge on any atom is -0.322 e. The third kappa shape index (κ3) is 4.76. The van der Waals surface area contributed by atoms with Gasteiger partial charge in [-0.05, 0) is 67.4 Å². The van der Waals surface area contributed by atoms with Crippen molar-refractivity contribution in [1.29, 1.82) is 0 Å². The van der Waals surface area contributed by atoms with Gasteiger partial charge in [0, 0.05) is 22.3 Å². The van der Waals surface area contributed by atoms with Crippen LogP contribution in [0.15, 0.2) is 78.9 Å². The number of para-hydroxylation sites is 1. The Morgan fingerprint density at radius 3 is 2.42 bits per heavy atom. The van der Waals surface area contributed by atoms with Crippen molar-refractivity contribution in [3.8, 4) is 0 Å². The summed E-state index contributed by atoms with van der Waals surface area (Å²) in [4.78, 5) is 27.4. The van der Waals surface area contributed by atoms with E-state index in [4.69, 9.17) is 0 Å². The number of carbonyl (C=O) groups is 2. The van der Waals surface area contributed by atoms with E-state index in [0.717, 1.165) is 21.5 Å². The van der Waals surface area contributed by atoms with Gasteiger partial charge in [-0.3, -0.25) is 14.3 Å². The minimum atomic E-state index is -0.285. The highest BCUT2D eigenvalue weighted by Crippen LogP contribution is 2.30. The average Bonchev–Trinajstić information content (AvgIpc) is 3.43. The molecule has 5 rings (SSSR count). The van der Waals surface area contributed by atoms with E-state index in [1.165, 1.54) is 23.5 Å². The summed E-state index contributed by atoms with van der Waals surface area (Å²) < 4.78 is 15.1. The van der Waals surface area contributed by atoms with Gasteiger partial charge in [0.25, 0.3) is 11.8 Å². The van der Waals surface area contributed by atoms with Crippen LogP contribution >= 0.6 is 11.3 Å². The number of hydrogen-bond acceptors (Lipinski definition) is 4. The predicted octanol–water partition coefficient (Wildman–Crippen LogP) is 6.41. The first-order valence-corrected chi connectivity index (χ1v) is 12.2. The largest absolute Gasteiger partial charge is 0.322 e. The predicted molar refractivity (Wildman–Crippen MR) is 141 cm³/mol. The Labute approximate surface area is 211 Å². The second-order valence-electron chi connectivity index (χ2n) is 8.45. The molecule has 180 valence electrons. The summed E-state index contributed by atoms with van der Waals surface area (Å²) in [5, 5.41) is 11.3. The Morgan fingerprint density at radius 2 is 1.67 bits per heavy atom. The second kappa shape index (κ2) is 9.75. The molecule has 5 aromatic rings. The van der Waals surface area contributed by atoms with Crippen LogP contribution in [0.25, 0.3) is 10.2 Å². The van der Waals surface area contributed by atoms with Crippen molar-refractivity contribution in [2.45, 2.75) is 20.4 Å². The zero-order valence-electron chi connectivity index (χ0n) is 19.7. The molecule has 0 aliphatic heterocycles. The Balaban J connectivity index is 1.36. The number of anilines is 2. The molecule has 36 heavy (non-hydrogen) atoms.